The van der Waals surface area contributed by atoms with Gasteiger partial charge in [-0.2, -0.15) is 4.57 Å². The van der Waals surface area contributed by atoms with Crippen LogP contribution in [0.15, 0.2) is 58.4 Å². The van der Waals surface area contributed by atoms with Gasteiger partial charge in [-0.15, -0.1) is 0 Å². The molecule has 1 aromatic heterocycles. The highest BCUT2D eigenvalue weighted by molar-refractivity contribution is 6.30. The van der Waals surface area contributed by atoms with Crippen LogP contribution < -0.4 is 10.1 Å². The lowest BCUT2D eigenvalue weighted by Gasteiger charge is -2.14. The van der Waals surface area contributed by atoms with Gasteiger partial charge in [-0.1, -0.05) is 47.8 Å². The van der Waals surface area contributed by atoms with Crippen LogP contribution in [0.5, 0.6) is 0 Å². The molecule has 1 unspecified atom stereocenters. The number of halogens is 1. The highest BCUT2D eigenvalue weighted by Crippen LogP contribution is 2.28. The molecule has 0 spiro atoms. The van der Waals surface area contributed by atoms with Crippen molar-refractivity contribution in [2.45, 2.75) is 32.9 Å². The van der Waals surface area contributed by atoms with Crippen LogP contribution in [-0.2, 0) is 13.0 Å². The largest absolute Gasteiger partial charge is 0.403 e. The molecule has 1 aliphatic heterocycles. The maximum atomic E-state index is 13.0. The summed E-state index contributed by atoms with van der Waals surface area (Å²) < 4.78 is 3.94. The van der Waals surface area contributed by atoms with Gasteiger partial charge in [-0.05, 0) is 43.2 Å². The molecular weight excluding hydrogens is 334 g/mol. The number of aromatic nitrogens is 2. The molecule has 4 nitrogen and oxygen atoms in total. The summed E-state index contributed by atoms with van der Waals surface area (Å²) in [6.45, 7) is 4.65. The van der Waals surface area contributed by atoms with Crippen molar-refractivity contribution >= 4 is 23.3 Å². The summed E-state index contributed by atoms with van der Waals surface area (Å²) in [6.07, 6.45) is 8.62. The third-order valence-corrected chi connectivity index (χ3v) is 5.08. The molecule has 25 heavy (non-hydrogen) atoms. The quantitative estimate of drug-likeness (QED) is 0.779. The van der Waals surface area contributed by atoms with Gasteiger partial charge >= 0.3 is 11.5 Å². The summed E-state index contributed by atoms with van der Waals surface area (Å²) in [5, 5.41) is 0.710. The first-order valence-electron chi connectivity index (χ1n) is 8.46. The first-order valence-corrected chi connectivity index (χ1v) is 8.83. The Bertz CT molecular complexity index is 1010. The second-order valence-corrected chi connectivity index (χ2v) is 6.77. The number of aliphatic imine (C=N–C) groups is 1. The van der Waals surface area contributed by atoms with E-state index >= 15 is 0 Å². The number of rotatable bonds is 3. The fourth-order valence-electron chi connectivity index (χ4n) is 3.57. The van der Waals surface area contributed by atoms with Crippen LogP contribution in [0.25, 0.3) is 0 Å². The molecule has 5 heteroatoms. The third kappa shape index (κ3) is 2.57. The fraction of sp³-hybridized carbons (Fsp3) is 0.250. The van der Waals surface area contributed by atoms with Gasteiger partial charge in [0, 0.05) is 5.02 Å². The maximum absolute atomic E-state index is 13.0. The predicted octanol–water partition coefficient (Wildman–Crippen LogP) is 3.46. The molecule has 1 aromatic carbocycles. The van der Waals surface area contributed by atoms with Crippen LogP contribution >= 0.6 is 11.6 Å². The zero-order valence-electron chi connectivity index (χ0n) is 14.2. The van der Waals surface area contributed by atoms with E-state index in [1.807, 2.05) is 67.0 Å². The minimum absolute atomic E-state index is 0.0565. The van der Waals surface area contributed by atoms with E-state index in [1.165, 1.54) is 0 Å². The lowest BCUT2D eigenvalue weighted by atomic mass is 10.1. The molecule has 1 atom stereocenters. The molecule has 0 radical (unpaired) electrons. The molecular formula is C20H19ClN3O+. The summed E-state index contributed by atoms with van der Waals surface area (Å²) >= 11 is 6.14. The van der Waals surface area contributed by atoms with E-state index in [-0.39, 0.29) is 11.6 Å². The fourth-order valence-corrected chi connectivity index (χ4v) is 3.78. The van der Waals surface area contributed by atoms with Crippen molar-refractivity contribution < 1.29 is 4.57 Å². The zero-order chi connectivity index (χ0) is 17.6. The number of benzene rings is 1. The Balaban J connectivity index is 1.94. The molecule has 0 fully saturated rings. The van der Waals surface area contributed by atoms with E-state index in [0.717, 1.165) is 22.5 Å². The molecule has 0 N–H and O–H groups in total. The first kappa shape index (κ1) is 16.0. The Labute approximate surface area is 151 Å². The van der Waals surface area contributed by atoms with Crippen molar-refractivity contribution in [1.82, 2.24) is 4.57 Å². The average Bonchev–Trinajstić information content (AvgIpc) is 2.99. The Morgan fingerprint density at radius 3 is 2.92 bits per heavy atom. The standard InChI is InChI=1S/C20H19ClN3O/c1-3-16-13(2)23(12-14-7-6-8-15(21)11-14)20-22-17-9-4-5-10-18(17)24(20)19(16)25/h4-11,18H,3,12H2,1-2H3/q+1. The summed E-state index contributed by atoms with van der Waals surface area (Å²) in [5.41, 5.74) is 3.86. The average molecular weight is 353 g/mol. The Morgan fingerprint density at radius 2 is 2.16 bits per heavy atom. The molecule has 0 amide bonds. The minimum atomic E-state index is -0.107. The number of hydrogen-bond donors (Lipinski definition) is 0. The lowest BCUT2D eigenvalue weighted by Crippen LogP contribution is -2.46. The monoisotopic (exact) mass is 352 g/mol. The summed E-state index contributed by atoms with van der Waals surface area (Å²) in [4.78, 5) is 17.8. The van der Waals surface area contributed by atoms with Crippen LogP contribution in [0.4, 0.5) is 5.95 Å². The van der Waals surface area contributed by atoms with Gasteiger partial charge in [0.05, 0.1) is 17.8 Å². The van der Waals surface area contributed by atoms with Crippen LogP contribution in [0, 0.1) is 6.92 Å². The van der Waals surface area contributed by atoms with Gasteiger partial charge in [0.25, 0.3) is 0 Å². The van der Waals surface area contributed by atoms with E-state index in [1.54, 1.807) is 0 Å². The molecule has 1 aliphatic carbocycles. The van der Waals surface area contributed by atoms with Gasteiger partial charge < -0.3 is 0 Å². The van der Waals surface area contributed by atoms with Crippen molar-refractivity contribution in [1.29, 1.82) is 0 Å². The molecule has 0 saturated heterocycles. The van der Waals surface area contributed by atoms with Crippen molar-refractivity contribution in [2.75, 3.05) is 0 Å². The van der Waals surface area contributed by atoms with Gasteiger partial charge in [0.1, 0.15) is 0 Å². The van der Waals surface area contributed by atoms with Gasteiger partial charge in [-0.25, -0.2) is 4.57 Å². The van der Waals surface area contributed by atoms with Crippen molar-refractivity contribution in [2.24, 2.45) is 4.99 Å². The van der Waals surface area contributed by atoms with Gasteiger partial charge in [0.15, 0.2) is 11.8 Å². The van der Waals surface area contributed by atoms with E-state index in [0.29, 0.717) is 23.9 Å². The topological polar surface area (TPSA) is 38.2 Å². The second-order valence-electron chi connectivity index (χ2n) is 6.33. The smallest absolute Gasteiger partial charge is 0.250 e. The number of nitrogens with zero attached hydrogens (tertiary/aromatic N) is 3. The normalized spacial score (nSPS) is 17.4. The SMILES string of the molecule is CCc1c(C)[n+](Cc2cccc(Cl)c2)c2n(c1=O)C1C=CC=CC1=N2. The molecule has 2 aromatic rings. The summed E-state index contributed by atoms with van der Waals surface area (Å²) in [5.74, 6) is 0.705. The van der Waals surface area contributed by atoms with Crippen LogP contribution in [-0.4, -0.2) is 10.3 Å². The van der Waals surface area contributed by atoms with Gasteiger partial charge in [-0.3, -0.25) is 4.79 Å². The molecule has 126 valence electrons. The molecule has 4 rings (SSSR count). The van der Waals surface area contributed by atoms with E-state index in [9.17, 15) is 4.79 Å². The van der Waals surface area contributed by atoms with E-state index in [4.69, 9.17) is 16.6 Å². The van der Waals surface area contributed by atoms with Crippen LogP contribution in [0.1, 0.15) is 29.8 Å². The Kier molecular flexibility index (Phi) is 3.92. The number of fused-ring (bicyclic) bond motifs is 3. The summed E-state index contributed by atoms with van der Waals surface area (Å²) in [7, 11) is 0. The maximum Gasteiger partial charge on any atom is 0.403 e. The highest BCUT2D eigenvalue weighted by Gasteiger charge is 2.38. The number of allylic oxidation sites excluding steroid dienone is 4. The molecule has 2 aliphatic rings. The van der Waals surface area contributed by atoms with Crippen molar-refractivity contribution in [3.8, 4) is 0 Å². The minimum Gasteiger partial charge on any atom is -0.250 e. The second kappa shape index (κ2) is 6.12. The summed E-state index contributed by atoms with van der Waals surface area (Å²) in [6, 6.07) is 7.70. The van der Waals surface area contributed by atoms with E-state index < -0.39 is 0 Å². The predicted molar refractivity (Wildman–Crippen MR) is 100.0 cm³/mol. The Morgan fingerprint density at radius 1 is 1.32 bits per heavy atom. The first-order chi connectivity index (χ1) is 12.1. The van der Waals surface area contributed by atoms with Crippen molar-refractivity contribution in [3.05, 3.63) is 80.8 Å². The lowest BCUT2D eigenvalue weighted by molar-refractivity contribution is -0.685. The molecule has 0 saturated carbocycles. The van der Waals surface area contributed by atoms with Gasteiger partial charge in [0.2, 0.25) is 0 Å². The number of hydrogen-bond acceptors (Lipinski definition) is 2. The zero-order valence-corrected chi connectivity index (χ0v) is 15.0. The molecule has 0 bridgehead atoms. The van der Waals surface area contributed by atoms with Crippen LogP contribution in [0.2, 0.25) is 5.02 Å². The van der Waals surface area contributed by atoms with Crippen molar-refractivity contribution in [3.63, 3.8) is 0 Å². The highest BCUT2D eigenvalue weighted by atomic mass is 35.5. The third-order valence-electron chi connectivity index (χ3n) is 4.84. The molecule has 2 heterocycles. The van der Waals surface area contributed by atoms with E-state index in [2.05, 4.69) is 4.57 Å². The Hall–Kier alpha value is -2.46. The van der Waals surface area contributed by atoms with Crippen LogP contribution in [0.3, 0.4) is 0 Å².